The number of hydrogen-bond donors (Lipinski definition) is 2. The molecular weight excluding hydrogens is 491 g/mol. The molecule has 166 valence electrons. The summed E-state index contributed by atoms with van der Waals surface area (Å²) in [5.41, 5.74) is 0.451. The van der Waals surface area contributed by atoms with Gasteiger partial charge in [-0.05, 0) is 45.5 Å². The van der Waals surface area contributed by atoms with E-state index in [9.17, 15) is 8.78 Å². The van der Waals surface area contributed by atoms with Crippen LogP contribution in [0.1, 0.15) is 19.8 Å². The first-order chi connectivity index (χ1) is 13.5. The third-order valence-corrected chi connectivity index (χ3v) is 4.77. The molecule has 0 saturated carbocycles. The molecule has 0 bridgehead atoms. The third-order valence-electron chi connectivity index (χ3n) is 4.77. The van der Waals surface area contributed by atoms with E-state index in [1.165, 1.54) is 12.1 Å². The highest BCUT2D eigenvalue weighted by atomic mass is 127. The maximum absolute atomic E-state index is 14.0. The smallest absolute Gasteiger partial charge is 0.191 e. The van der Waals surface area contributed by atoms with Crippen molar-refractivity contribution in [3.8, 4) is 0 Å². The molecule has 1 aromatic rings. The number of benzene rings is 1. The molecule has 0 aromatic heterocycles. The summed E-state index contributed by atoms with van der Waals surface area (Å²) in [7, 11) is 3.79. The fourth-order valence-electron chi connectivity index (χ4n) is 3.24. The largest absolute Gasteiger partial charge is 0.383 e. The SMILES string of the molecule is CCNC(=NCCCN(C)CCOC)NC1CCN(c2ccc(F)cc2F)C1.I. The minimum atomic E-state index is -0.551. The van der Waals surface area contributed by atoms with Gasteiger partial charge in [0.1, 0.15) is 11.6 Å². The van der Waals surface area contributed by atoms with Gasteiger partial charge >= 0.3 is 0 Å². The van der Waals surface area contributed by atoms with Crippen LogP contribution in [0.15, 0.2) is 23.2 Å². The third kappa shape index (κ3) is 9.00. The van der Waals surface area contributed by atoms with Crippen LogP contribution in [0.3, 0.4) is 0 Å². The Morgan fingerprint density at radius 2 is 2.14 bits per heavy atom. The number of nitrogens with zero attached hydrogens (tertiary/aromatic N) is 3. The van der Waals surface area contributed by atoms with E-state index >= 15 is 0 Å². The van der Waals surface area contributed by atoms with Crippen LogP contribution >= 0.6 is 24.0 Å². The van der Waals surface area contributed by atoms with Gasteiger partial charge in [-0.1, -0.05) is 0 Å². The fourth-order valence-corrected chi connectivity index (χ4v) is 3.24. The lowest BCUT2D eigenvalue weighted by atomic mass is 10.2. The molecule has 1 aromatic carbocycles. The van der Waals surface area contributed by atoms with Crippen molar-refractivity contribution >= 4 is 35.6 Å². The Bertz CT molecular complexity index is 635. The van der Waals surface area contributed by atoms with E-state index in [0.29, 0.717) is 12.2 Å². The molecule has 1 unspecified atom stereocenters. The fraction of sp³-hybridized carbons (Fsp3) is 0.650. The highest BCUT2D eigenvalue weighted by Gasteiger charge is 2.25. The molecule has 9 heteroatoms. The molecule has 0 spiro atoms. The molecule has 0 amide bonds. The molecular formula is C20H34F2IN5O. The van der Waals surface area contributed by atoms with E-state index in [0.717, 1.165) is 64.2 Å². The zero-order valence-corrected chi connectivity index (χ0v) is 19.9. The number of rotatable bonds is 10. The minimum absolute atomic E-state index is 0. The Morgan fingerprint density at radius 3 is 2.83 bits per heavy atom. The van der Waals surface area contributed by atoms with Crippen molar-refractivity contribution in [2.24, 2.45) is 4.99 Å². The summed E-state index contributed by atoms with van der Waals surface area (Å²) in [6.07, 6.45) is 1.84. The second kappa shape index (κ2) is 13.9. The quantitative estimate of drug-likeness (QED) is 0.213. The van der Waals surface area contributed by atoms with Crippen LogP contribution in [0.4, 0.5) is 14.5 Å². The molecule has 1 fully saturated rings. The van der Waals surface area contributed by atoms with Crippen molar-refractivity contribution in [2.45, 2.75) is 25.8 Å². The van der Waals surface area contributed by atoms with Crippen LogP contribution < -0.4 is 15.5 Å². The second-order valence-electron chi connectivity index (χ2n) is 7.08. The first kappa shape index (κ1) is 25.8. The van der Waals surface area contributed by atoms with Crippen LogP contribution in [-0.4, -0.2) is 76.9 Å². The lowest BCUT2D eigenvalue weighted by molar-refractivity contribution is 0.161. The van der Waals surface area contributed by atoms with Crippen LogP contribution in [0.25, 0.3) is 0 Å². The molecule has 6 nitrogen and oxygen atoms in total. The topological polar surface area (TPSA) is 52.1 Å². The number of methoxy groups -OCH3 is 1. The predicted octanol–water partition coefficient (Wildman–Crippen LogP) is 2.68. The van der Waals surface area contributed by atoms with Gasteiger partial charge in [0, 0.05) is 51.9 Å². The molecule has 1 saturated heterocycles. The zero-order valence-electron chi connectivity index (χ0n) is 17.6. The first-order valence-corrected chi connectivity index (χ1v) is 9.95. The van der Waals surface area contributed by atoms with Crippen LogP contribution in [0, 0.1) is 11.6 Å². The van der Waals surface area contributed by atoms with Crippen molar-refractivity contribution in [3.05, 3.63) is 29.8 Å². The van der Waals surface area contributed by atoms with Crippen molar-refractivity contribution in [3.63, 3.8) is 0 Å². The summed E-state index contributed by atoms with van der Waals surface area (Å²) >= 11 is 0. The first-order valence-electron chi connectivity index (χ1n) is 9.95. The monoisotopic (exact) mass is 525 g/mol. The Balaban J connectivity index is 0.00000420. The normalized spacial score (nSPS) is 16.8. The zero-order chi connectivity index (χ0) is 20.4. The standard InChI is InChI=1S/C20H33F2N5O.HI/c1-4-23-20(24-9-5-10-26(2)12-13-28-3)25-17-8-11-27(15-17)19-7-6-16(21)14-18(19)22;/h6-7,14,17H,4-5,8-13,15H2,1-3H3,(H2,23,24,25);1H. The van der Waals surface area contributed by atoms with Crippen molar-refractivity contribution < 1.29 is 13.5 Å². The molecule has 1 aliphatic heterocycles. The lowest BCUT2D eigenvalue weighted by Gasteiger charge is -2.21. The van der Waals surface area contributed by atoms with Crippen molar-refractivity contribution in [2.75, 3.05) is 64.9 Å². The minimum Gasteiger partial charge on any atom is -0.383 e. The average Bonchev–Trinajstić information content (AvgIpc) is 3.11. The maximum atomic E-state index is 14.0. The number of ether oxygens (including phenoxy) is 1. The Kier molecular flexibility index (Phi) is 12.4. The van der Waals surface area contributed by atoms with Crippen molar-refractivity contribution in [1.29, 1.82) is 0 Å². The molecule has 0 aliphatic carbocycles. The predicted molar refractivity (Wildman–Crippen MR) is 125 cm³/mol. The van der Waals surface area contributed by atoms with Gasteiger partial charge in [-0.3, -0.25) is 4.99 Å². The number of anilines is 1. The summed E-state index contributed by atoms with van der Waals surface area (Å²) < 4.78 is 32.2. The number of nitrogens with one attached hydrogen (secondary N) is 2. The summed E-state index contributed by atoms with van der Waals surface area (Å²) in [6.45, 7) is 7.54. The molecule has 2 rings (SSSR count). The summed E-state index contributed by atoms with van der Waals surface area (Å²) in [5.74, 6) is -0.281. The van der Waals surface area contributed by atoms with Gasteiger partial charge in [0.15, 0.2) is 5.96 Å². The van der Waals surface area contributed by atoms with E-state index in [1.807, 2.05) is 11.8 Å². The van der Waals surface area contributed by atoms with Gasteiger partial charge in [0.25, 0.3) is 0 Å². The van der Waals surface area contributed by atoms with Crippen LogP contribution in [-0.2, 0) is 4.74 Å². The van der Waals surface area contributed by atoms with Gasteiger partial charge in [-0.15, -0.1) is 24.0 Å². The van der Waals surface area contributed by atoms with Gasteiger partial charge < -0.3 is 25.2 Å². The summed E-state index contributed by atoms with van der Waals surface area (Å²) in [5, 5.41) is 6.71. The van der Waals surface area contributed by atoms with Gasteiger partial charge in [0.2, 0.25) is 0 Å². The molecule has 29 heavy (non-hydrogen) atoms. The van der Waals surface area contributed by atoms with Gasteiger partial charge in [0.05, 0.1) is 12.3 Å². The summed E-state index contributed by atoms with van der Waals surface area (Å²) in [6, 6.07) is 3.91. The van der Waals surface area contributed by atoms with E-state index in [1.54, 1.807) is 7.11 Å². The molecule has 1 aliphatic rings. The Labute approximate surface area is 190 Å². The molecule has 0 radical (unpaired) electrons. The van der Waals surface area contributed by atoms with Crippen LogP contribution in [0.5, 0.6) is 0 Å². The molecule has 2 N–H and O–H groups in total. The molecule has 1 atom stereocenters. The highest BCUT2D eigenvalue weighted by Crippen LogP contribution is 2.24. The van der Waals surface area contributed by atoms with Gasteiger partial charge in [-0.25, -0.2) is 8.78 Å². The number of aliphatic imine (C=N–C) groups is 1. The van der Waals surface area contributed by atoms with Crippen molar-refractivity contribution in [1.82, 2.24) is 15.5 Å². The second-order valence-corrected chi connectivity index (χ2v) is 7.08. The number of halogens is 3. The van der Waals surface area contributed by atoms with E-state index in [4.69, 9.17) is 4.74 Å². The average molecular weight is 525 g/mol. The number of guanidine groups is 1. The Morgan fingerprint density at radius 1 is 1.34 bits per heavy atom. The van der Waals surface area contributed by atoms with E-state index in [2.05, 4.69) is 27.6 Å². The molecule has 1 heterocycles. The summed E-state index contributed by atoms with van der Waals surface area (Å²) in [4.78, 5) is 8.82. The lowest BCUT2D eigenvalue weighted by Crippen LogP contribution is -2.44. The van der Waals surface area contributed by atoms with Gasteiger partial charge in [-0.2, -0.15) is 0 Å². The number of hydrogen-bond acceptors (Lipinski definition) is 4. The van der Waals surface area contributed by atoms with Crippen LogP contribution in [0.2, 0.25) is 0 Å². The highest BCUT2D eigenvalue weighted by molar-refractivity contribution is 14.0. The maximum Gasteiger partial charge on any atom is 0.191 e. The van der Waals surface area contributed by atoms with E-state index in [-0.39, 0.29) is 30.0 Å². The Hall–Kier alpha value is -1.20. The number of likely N-dealkylation sites (N-methyl/N-ethyl adjacent to an activating group) is 1. The van der Waals surface area contributed by atoms with E-state index < -0.39 is 11.6 Å².